The lowest BCUT2D eigenvalue weighted by molar-refractivity contribution is 0.463. The van der Waals surface area contributed by atoms with E-state index in [0.717, 1.165) is 27.8 Å². The summed E-state index contributed by atoms with van der Waals surface area (Å²) in [5.74, 6) is 6.64. The summed E-state index contributed by atoms with van der Waals surface area (Å²) in [4.78, 5) is 7.73. The van der Waals surface area contributed by atoms with E-state index < -0.39 is 0 Å². The van der Waals surface area contributed by atoms with Crippen LogP contribution in [0.25, 0.3) is 11.0 Å². The maximum Gasteiger partial charge on any atom is 0.139 e. The third kappa shape index (κ3) is 3.53. The minimum Gasteiger partial charge on any atom is -0.381 e. The highest BCUT2D eigenvalue weighted by atomic mass is 14.9. The maximum absolute atomic E-state index is 4.53. The molecule has 1 aliphatic rings. The van der Waals surface area contributed by atoms with Gasteiger partial charge in [0.15, 0.2) is 0 Å². The molecule has 0 unspecified atom stereocenters. The summed E-state index contributed by atoms with van der Waals surface area (Å²) in [7, 11) is 0. The number of nitrogens with one attached hydrogen (secondary N) is 2. The first-order chi connectivity index (χ1) is 12.3. The highest BCUT2D eigenvalue weighted by Crippen LogP contribution is 2.29. The van der Waals surface area contributed by atoms with Crippen LogP contribution in [-0.4, -0.2) is 16.0 Å². The van der Waals surface area contributed by atoms with Crippen molar-refractivity contribution in [2.75, 3.05) is 5.32 Å². The summed E-state index contributed by atoms with van der Waals surface area (Å²) < 4.78 is 0. The van der Waals surface area contributed by atoms with Gasteiger partial charge >= 0.3 is 0 Å². The highest BCUT2D eigenvalue weighted by Gasteiger charge is 2.16. The molecule has 4 rings (SSSR count). The van der Waals surface area contributed by atoms with Crippen molar-refractivity contribution in [2.45, 2.75) is 45.1 Å². The molecule has 25 heavy (non-hydrogen) atoms. The molecule has 1 aromatic carbocycles. The first-order valence-corrected chi connectivity index (χ1v) is 9.11. The number of H-pyrrole nitrogens is 1. The average Bonchev–Trinajstić information content (AvgIpc) is 3.11. The molecule has 1 aliphatic carbocycles. The molecule has 3 nitrogen and oxygen atoms in total. The van der Waals surface area contributed by atoms with Crippen LogP contribution in [0, 0.1) is 18.8 Å². The van der Waals surface area contributed by atoms with Gasteiger partial charge < -0.3 is 10.3 Å². The van der Waals surface area contributed by atoms with E-state index in [9.17, 15) is 0 Å². The van der Waals surface area contributed by atoms with Gasteiger partial charge in [0.2, 0.25) is 0 Å². The lowest BCUT2D eigenvalue weighted by atomic mass is 9.95. The van der Waals surface area contributed by atoms with Crippen molar-refractivity contribution in [2.24, 2.45) is 0 Å². The van der Waals surface area contributed by atoms with Crippen LogP contribution < -0.4 is 5.32 Å². The molecule has 1 saturated carbocycles. The molecule has 0 aliphatic heterocycles. The summed E-state index contributed by atoms with van der Waals surface area (Å²) in [6.45, 7) is 2.09. The molecule has 3 aromatic rings. The van der Waals surface area contributed by atoms with E-state index in [4.69, 9.17) is 0 Å². The number of benzene rings is 1. The number of pyridine rings is 1. The number of hydrogen-bond donors (Lipinski definition) is 2. The fraction of sp³-hybridized carbons (Fsp3) is 0.318. The van der Waals surface area contributed by atoms with Crippen LogP contribution in [0.4, 0.5) is 5.69 Å². The van der Waals surface area contributed by atoms with Crippen LogP contribution in [-0.2, 0) is 0 Å². The lowest BCUT2D eigenvalue weighted by Gasteiger charge is -2.24. The van der Waals surface area contributed by atoms with Crippen molar-refractivity contribution in [1.82, 2.24) is 9.97 Å². The number of hydrogen-bond acceptors (Lipinski definition) is 2. The van der Waals surface area contributed by atoms with Gasteiger partial charge in [-0.15, -0.1) is 0 Å². The van der Waals surface area contributed by atoms with Gasteiger partial charge in [-0.05, 0) is 43.5 Å². The predicted molar refractivity (Wildman–Crippen MR) is 104 cm³/mol. The van der Waals surface area contributed by atoms with Crippen molar-refractivity contribution in [1.29, 1.82) is 0 Å². The normalized spacial score (nSPS) is 14.9. The second-order valence-electron chi connectivity index (χ2n) is 6.89. The van der Waals surface area contributed by atoms with Crippen LogP contribution in [0.15, 0.2) is 42.7 Å². The van der Waals surface area contributed by atoms with E-state index in [2.05, 4.69) is 58.3 Å². The van der Waals surface area contributed by atoms with E-state index >= 15 is 0 Å². The van der Waals surface area contributed by atoms with Crippen molar-refractivity contribution >= 4 is 16.7 Å². The van der Waals surface area contributed by atoms with Gasteiger partial charge in [0.25, 0.3) is 0 Å². The summed E-state index contributed by atoms with van der Waals surface area (Å²) >= 11 is 0. The van der Waals surface area contributed by atoms with Crippen LogP contribution in [0.1, 0.15) is 48.8 Å². The smallest absolute Gasteiger partial charge is 0.139 e. The number of nitrogens with zero attached hydrogens (tertiary/aromatic N) is 1. The Bertz CT molecular complexity index is 937. The number of aromatic amines is 1. The summed E-state index contributed by atoms with van der Waals surface area (Å²) in [5.41, 5.74) is 5.28. The molecular weight excluding hydrogens is 306 g/mol. The molecule has 2 N–H and O–H groups in total. The van der Waals surface area contributed by atoms with Crippen LogP contribution in [0.2, 0.25) is 0 Å². The summed E-state index contributed by atoms with van der Waals surface area (Å²) in [6.07, 6.45) is 10.3. The Hall–Kier alpha value is -2.73. The van der Waals surface area contributed by atoms with E-state index in [-0.39, 0.29) is 0 Å². The Morgan fingerprint density at radius 3 is 2.84 bits per heavy atom. The zero-order chi connectivity index (χ0) is 17.1. The summed E-state index contributed by atoms with van der Waals surface area (Å²) in [6, 6.07) is 10.9. The minimum absolute atomic E-state index is 0.536. The second kappa shape index (κ2) is 7.03. The van der Waals surface area contributed by atoms with Gasteiger partial charge in [-0.25, -0.2) is 4.98 Å². The van der Waals surface area contributed by atoms with E-state index in [1.807, 2.05) is 18.5 Å². The third-order valence-corrected chi connectivity index (χ3v) is 4.90. The molecule has 1 fully saturated rings. The molecule has 3 heteroatoms. The van der Waals surface area contributed by atoms with E-state index in [0.29, 0.717) is 6.04 Å². The van der Waals surface area contributed by atoms with Gasteiger partial charge in [0.1, 0.15) is 5.65 Å². The van der Waals surface area contributed by atoms with Crippen molar-refractivity contribution in [3.8, 4) is 11.8 Å². The molecular formula is C22H23N3. The molecule has 2 heterocycles. The molecule has 0 spiro atoms. The number of anilines is 1. The summed E-state index contributed by atoms with van der Waals surface area (Å²) in [5, 5.41) is 4.89. The Morgan fingerprint density at radius 2 is 2.00 bits per heavy atom. The van der Waals surface area contributed by atoms with Gasteiger partial charge in [0.05, 0.1) is 11.3 Å². The largest absolute Gasteiger partial charge is 0.381 e. The standard InChI is InChI=1S/C22H23N3/c1-16-6-5-7-17(14-16)10-11-18-15-24-22-20(12-13-23-22)21(18)25-19-8-3-2-4-9-19/h5-7,12-15,19H,2-4,8-9H2,1H3,(H2,23,24,25). The van der Waals surface area contributed by atoms with Gasteiger partial charge in [-0.1, -0.05) is 43.2 Å². The zero-order valence-electron chi connectivity index (χ0n) is 14.6. The molecule has 0 saturated heterocycles. The highest BCUT2D eigenvalue weighted by molar-refractivity contribution is 5.92. The molecule has 2 aromatic heterocycles. The van der Waals surface area contributed by atoms with Gasteiger partial charge in [-0.3, -0.25) is 0 Å². The van der Waals surface area contributed by atoms with E-state index in [1.165, 1.54) is 37.7 Å². The van der Waals surface area contributed by atoms with Crippen LogP contribution in [0.5, 0.6) is 0 Å². The monoisotopic (exact) mass is 329 g/mol. The molecule has 0 radical (unpaired) electrons. The minimum atomic E-state index is 0.536. The van der Waals surface area contributed by atoms with Crippen molar-refractivity contribution in [3.63, 3.8) is 0 Å². The fourth-order valence-corrected chi connectivity index (χ4v) is 3.57. The van der Waals surface area contributed by atoms with Gasteiger partial charge in [-0.2, -0.15) is 0 Å². The van der Waals surface area contributed by atoms with Gasteiger partial charge in [0, 0.05) is 29.4 Å². The Morgan fingerprint density at radius 1 is 1.12 bits per heavy atom. The van der Waals surface area contributed by atoms with E-state index in [1.54, 1.807) is 0 Å². The average molecular weight is 329 g/mol. The zero-order valence-corrected chi connectivity index (χ0v) is 14.6. The third-order valence-electron chi connectivity index (χ3n) is 4.90. The number of aromatic nitrogens is 2. The Balaban J connectivity index is 1.71. The number of rotatable bonds is 2. The van der Waals surface area contributed by atoms with Crippen LogP contribution in [0.3, 0.4) is 0 Å². The lowest BCUT2D eigenvalue weighted by Crippen LogP contribution is -2.22. The molecule has 0 amide bonds. The fourth-order valence-electron chi connectivity index (χ4n) is 3.57. The molecule has 0 atom stereocenters. The number of fused-ring (bicyclic) bond motifs is 1. The first kappa shape index (κ1) is 15.8. The SMILES string of the molecule is Cc1cccc(C#Cc2cnc3[nH]ccc3c2NC2CCCCC2)c1. The molecule has 126 valence electrons. The van der Waals surface area contributed by atoms with Crippen molar-refractivity contribution in [3.05, 3.63) is 59.4 Å². The Labute approximate surface area is 148 Å². The van der Waals surface area contributed by atoms with Crippen LogP contribution >= 0.6 is 0 Å². The Kier molecular flexibility index (Phi) is 4.43. The quantitative estimate of drug-likeness (QED) is 0.648. The van der Waals surface area contributed by atoms with Crippen molar-refractivity contribution < 1.29 is 0 Å². The molecule has 0 bridgehead atoms. The topological polar surface area (TPSA) is 40.7 Å². The first-order valence-electron chi connectivity index (χ1n) is 9.11. The second-order valence-corrected chi connectivity index (χ2v) is 6.89. The maximum atomic E-state index is 4.53. The predicted octanol–water partition coefficient (Wildman–Crippen LogP) is 5.02. The number of aryl methyl sites for hydroxylation is 1.